The Balaban J connectivity index is 1.95. The highest BCUT2D eigenvalue weighted by atomic mass is 32.2. The Morgan fingerprint density at radius 1 is 1.17 bits per heavy atom. The van der Waals surface area contributed by atoms with Crippen molar-refractivity contribution in [2.75, 3.05) is 11.8 Å². The third-order valence-corrected chi connectivity index (χ3v) is 6.59. The molecule has 11 heteroatoms. The molecule has 0 spiro atoms. The van der Waals surface area contributed by atoms with Crippen LogP contribution in [0.4, 0.5) is 5.69 Å². The molecule has 0 saturated carbocycles. The van der Waals surface area contributed by atoms with Gasteiger partial charge in [0.1, 0.15) is 5.69 Å². The summed E-state index contributed by atoms with van der Waals surface area (Å²) in [7, 11) is -3.49. The van der Waals surface area contributed by atoms with Crippen molar-refractivity contribution in [2.45, 2.75) is 43.8 Å². The number of carbonyl (C=O) groups is 1. The summed E-state index contributed by atoms with van der Waals surface area (Å²) in [5.74, 6) is -1.18. The number of sulfonamides is 1. The number of carboxylic acids is 1. The van der Waals surface area contributed by atoms with Crippen LogP contribution in [-0.2, 0) is 19.3 Å². The predicted octanol–water partition coefficient (Wildman–Crippen LogP) is 1.89. The van der Waals surface area contributed by atoms with E-state index >= 15 is 0 Å². The van der Waals surface area contributed by atoms with Crippen LogP contribution in [0.3, 0.4) is 0 Å². The van der Waals surface area contributed by atoms with Crippen LogP contribution in [0.5, 0.6) is 5.88 Å². The van der Waals surface area contributed by atoms with Gasteiger partial charge in [0.15, 0.2) is 0 Å². The number of pyridine rings is 1. The number of nitrogens with one attached hydrogen (secondary N) is 1. The molecule has 9 nitrogen and oxygen atoms in total. The maximum atomic E-state index is 12.8. The molecule has 1 aliphatic rings. The molecule has 0 amide bonds. The maximum Gasteiger partial charge on any atom is 0.496 e. The van der Waals surface area contributed by atoms with E-state index in [1.807, 2.05) is 27.7 Å². The summed E-state index contributed by atoms with van der Waals surface area (Å²) in [6, 6.07) is 6.55. The van der Waals surface area contributed by atoms with Crippen molar-refractivity contribution in [2.24, 2.45) is 0 Å². The summed E-state index contributed by atoms with van der Waals surface area (Å²) in [6.07, 6.45) is 1.49. The zero-order chi connectivity index (χ0) is 22.3. The van der Waals surface area contributed by atoms with Gasteiger partial charge >= 0.3 is 13.1 Å². The average Bonchev–Trinajstić information content (AvgIpc) is 2.89. The Morgan fingerprint density at radius 3 is 2.37 bits per heavy atom. The van der Waals surface area contributed by atoms with E-state index in [0.29, 0.717) is 5.46 Å². The fraction of sp³-hybridized carbons (Fsp3) is 0.368. The summed E-state index contributed by atoms with van der Waals surface area (Å²) in [4.78, 5) is 15.1. The van der Waals surface area contributed by atoms with Crippen LogP contribution in [0.2, 0.25) is 0 Å². The number of rotatable bonds is 6. The normalized spacial score (nSPS) is 17.6. The van der Waals surface area contributed by atoms with Crippen LogP contribution < -0.4 is 14.9 Å². The van der Waals surface area contributed by atoms with Gasteiger partial charge in [0.05, 0.1) is 28.8 Å². The number of ether oxygens (including phenoxy) is 1. The third kappa shape index (κ3) is 4.14. The van der Waals surface area contributed by atoms with E-state index in [1.54, 1.807) is 0 Å². The van der Waals surface area contributed by atoms with Crippen LogP contribution >= 0.6 is 0 Å². The van der Waals surface area contributed by atoms with E-state index in [-0.39, 0.29) is 22.0 Å². The molecule has 30 heavy (non-hydrogen) atoms. The van der Waals surface area contributed by atoms with Crippen LogP contribution in [0.25, 0.3) is 0 Å². The minimum absolute atomic E-state index is 0.0493. The summed E-state index contributed by atoms with van der Waals surface area (Å²) in [5.41, 5.74) is -0.714. The molecule has 1 saturated heterocycles. The third-order valence-electron chi connectivity index (χ3n) is 5.23. The SMILES string of the molecule is COc1ncc(B2OC(C)(C)C(C)(C)O2)cc1NS(=O)(=O)c1cccc(C(=O)O)c1. The maximum absolute atomic E-state index is 12.8. The van der Waals surface area contributed by atoms with E-state index < -0.39 is 34.3 Å². The van der Waals surface area contributed by atoms with Crippen molar-refractivity contribution < 1.29 is 32.4 Å². The minimum Gasteiger partial charge on any atom is -0.480 e. The highest BCUT2D eigenvalue weighted by molar-refractivity contribution is 7.92. The van der Waals surface area contributed by atoms with Crippen LogP contribution in [0.15, 0.2) is 41.4 Å². The molecule has 3 rings (SSSR count). The molecule has 0 aliphatic carbocycles. The van der Waals surface area contributed by atoms with Gasteiger partial charge in [-0.2, -0.15) is 0 Å². The number of benzene rings is 1. The Bertz CT molecular complexity index is 1070. The molecule has 1 aromatic heterocycles. The molecule has 0 bridgehead atoms. The quantitative estimate of drug-likeness (QED) is 0.661. The molecule has 1 aromatic carbocycles. The second-order valence-corrected chi connectivity index (χ2v) is 9.53. The smallest absolute Gasteiger partial charge is 0.480 e. The largest absolute Gasteiger partial charge is 0.496 e. The number of hydrogen-bond donors (Lipinski definition) is 2. The number of hydrogen-bond acceptors (Lipinski definition) is 7. The lowest BCUT2D eigenvalue weighted by Gasteiger charge is -2.32. The van der Waals surface area contributed by atoms with Gasteiger partial charge in [-0.15, -0.1) is 0 Å². The van der Waals surface area contributed by atoms with Gasteiger partial charge in [0, 0.05) is 11.7 Å². The van der Waals surface area contributed by atoms with Gasteiger partial charge in [-0.05, 0) is 52.0 Å². The molecule has 1 fully saturated rings. The lowest BCUT2D eigenvalue weighted by molar-refractivity contribution is 0.00578. The number of aromatic carboxylic acids is 1. The first-order valence-corrected chi connectivity index (χ1v) is 10.6. The lowest BCUT2D eigenvalue weighted by Crippen LogP contribution is -2.41. The van der Waals surface area contributed by atoms with E-state index in [2.05, 4.69) is 9.71 Å². The summed E-state index contributed by atoms with van der Waals surface area (Å²) < 4.78 is 45.2. The fourth-order valence-corrected chi connectivity index (χ4v) is 3.91. The fourth-order valence-electron chi connectivity index (χ4n) is 2.81. The van der Waals surface area contributed by atoms with Crippen molar-refractivity contribution in [3.63, 3.8) is 0 Å². The number of carboxylic acid groups (broad SMARTS) is 1. The molecule has 1 aliphatic heterocycles. The molecule has 2 heterocycles. The summed E-state index contributed by atoms with van der Waals surface area (Å²) in [5, 5.41) is 9.12. The number of aromatic nitrogens is 1. The van der Waals surface area contributed by atoms with E-state index in [1.165, 1.54) is 37.6 Å². The summed E-state index contributed by atoms with van der Waals surface area (Å²) >= 11 is 0. The first-order chi connectivity index (χ1) is 13.9. The number of anilines is 1. The van der Waals surface area contributed by atoms with Crippen LogP contribution in [0, 0.1) is 0 Å². The Morgan fingerprint density at radius 2 is 1.80 bits per heavy atom. The number of methoxy groups -OCH3 is 1. The molecule has 160 valence electrons. The standard InChI is InChI=1S/C19H23BN2O7S/c1-18(2)19(3,4)29-20(28-18)13-10-15(16(27-5)21-11-13)22-30(25,26)14-8-6-7-12(9-14)17(23)24/h6-11,22H,1-5H3,(H,23,24). The zero-order valence-corrected chi connectivity index (χ0v) is 18.1. The van der Waals surface area contributed by atoms with E-state index in [9.17, 15) is 13.2 Å². The zero-order valence-electron chi connectivity index (χ0n) is 17.3. The van der Waals surface area contributed by atoms with E-state index in [4.69, 9.17) is 19.2 Å². The lowest BCUT2D eigenvalue weighted by atomic mass is 9.80. The van der Waals surface area contributed by atoms with Gasteiger partial charge in [-0.25, -0.2) is 18.2 Å². The van der Waals surface area contributed by atoms with Crippen LogP contribution in [0.1, 0.15) is 38.1 Å². The topological polar surface area (TPSA) is 124 Å². The number of nitrogens with zero attached hydrogens (tertiary/aromatic N) is 1. The van der Waals surface area contributed by atoms with Crippen molar-refractivity contribution in [1.29, 1.82) is 0 Å². The average molecular weight is 434 g/mol. The monoisotopic (exact) mass is 434 g/mol. The Labute approximate surface area is 175 Å². The Kier molecular flexibility index (Phi) is 5.57. The highest BCUT2D eigenvalue weighted by Gasteiger charge is 2.52. The van der Waals surface area contributed by atoms with Gasteiger partial charge in [0.2, 0.25) is 5.88 Å². The first kappa shape index (κ1) is 22.1. The van der Waals surface area contributed by atoms with Gasteiger partial charge in [-0.3, -0.25) is 4.72 Å². The van der Waals surface area contributed by atoms with E-state index in [0.717, 1.165) is 6.07 Å². The minimum atomic E-state index is -4.10. The highest BCUT2D eigenvalue weighted by Crippen LogP contribution is 2.37. The van der Waals surface area contributed by atoms with Gasteiger partial charge in [0.25, 0.3) is 10.0 Å². The second kappa shape index (κ2) is 7.57. The van der Waals surface area contributed by atoms with Gasteiger partial charge < -0.3 is 19.2 Å². The predicted molar refractivity (Wildman–Crippen MR) is 111 cm³/mol. The molecule has 0 unspecified atom stereocenters. The molecule has 0 radical (unpaired) electrons. The summed E-state index contributed by atoms with van der Waals surface area (Å²) in [6.45, 7) is 7.62. The van der Waals surface area contributed by atoms with Crippen molar-refractivity contribution in [3.05, 3.63) is 42.1 Å². The van der Waals surface area contributed by atoms with Crippen molar-refractivity contribution in [1.82, 2.24) is 4.98 Å². The van der Waals surface area contributed by atoms with Crippen molar-refractivity contribution in [3.8, 4) is 5.88 Å². The van der Waals surface area contributed by atoms with Crippen molar-refractivity contribution >= 4 is 34.3 Å². The van der Waals surface area contributed by atoms with Gasteiger partial charge in [-0.1, -0.05) is 6.07 Å². The Hall–Kier alpha value is -2.63. The second-order valence-electron chi connectivity index (χ2n) is 7.85. The molecule has 0 atom stereocenters. The van der Waals surface area contributed by atoms with Crippen LogP contribution in [-0.4, -0.2) is 49.9 Å². The first-order valence-electron chi connectivity index (χ1n) is 9.12. The molecular formula is C19H23BN2O7S. The molecule has 2 N–H and O–H groups in total. The molecule has 2 aromatic rings. The molecular weight excluding hydrogens is 411 g/mol.